The molecule has 146 valence electrons. The van der Waals surface area contributed by atoms with Crippen LogP contribution in [0.15, 0.2) is 12.3 Å². The average Bonchev–Trinajstić information content (AvgIpc) is 3.08. The van der Waals surface area contributed by atoms with Crippen molar-refractivity contribution < 1.29 is 9.53 Å². The number of likely N-dealkylation sites (N-methyl/N-ethyl adjacent to an activating group) is 1. The van der Waals surface area contributed by atoms with Gasteiger partial charge in [0, 0.05) is 26.3 Å². The molecule has 1 fully saturated rings. The predicted octanol–water partition coefficient (Wildman–Crippen LogP) is 2.61. The number of hydrogen-bond donors (Lipinski definition) is 1. The van der Waals surface area contributed by atoms with Gasteiger partial charge in [0.25, 0.3) is 0 Å². The number of carbonyl (C=O) groups is 1. The summed E-state index contributed by atoms with van der Waals surface area (Å²) in [5.41, 5.74) is 8.02. The molecule has 0 aromatic carbocycles. The van der Waals surface area contributed by atoms with Gasteiger partial charge in [-0.05, 0) is 45.2 Å². The van der Waals surface area contributed by atoms with Crippen molar-refractivity contribution in [3.05, 3.63) is 17.8 Å². The third-order valence-corrected chi connectivity index (χ3v) is 4.69. The summed E-state index contributed by atoms with van der Waals surface area (Å²) in [5.74, 6) is 0.955. The highest BCUT2D eigenvalue weighted by atomic mass is 16.6. The van der Waals surface area contributed by atoms with E-state index >= 15 is 0 Å². The summed E-state index contributed by atoms with van der Waals surface area (Å²) >= 11 is 0. The zero-order valence-corrected chi connectivity index (χ0v) is 16.7. The first-order valence-electron chi connectivity index (χ1n) is 9.31. The molecule has 1 amide bonds. The van der Waals surface area contributed by atoms with Crippen molar-refractivity contribution in [1.29, 1.82) is 0 Å². The zero-order valence-electron chi connectivity index (χ0n) is 16.7. The molecule has 8 nitrogen and oxygen atoms in total. The van der Waals surface area contributed by atoms with E-state index in [1.807, 2.05) is 33.0 Å². The van der Waals surface area contributed by atoms with Crippen molar-refractivity contribution in [2.75, 3.05) is 30.8 Å². The number of nitrogens with two attached hydrogens (primary N) is 1. The molecule has 1 atom stereocenters. The molecule has 1 aliphatic heterocycles. The van der Waals surface area contributed by atoms with Gasteiger partial charge >= 0.3 is 6.09 Å². The Balaban J connectivity index is 1.82. The summed E-state index contributed by atoms with van der Waals surface area (Å²) in [7, 11) is 1.78. The number of pyridine rings is 1. The maximum Gasteiger partial charge on any atom is 0.410 e. The van der Waals surface area contributed by atoms with E-state index in [0.717, 1.165) is 41.8 Å². The highest BCUT2D eigenvalue weighted by molar-refractivity contribution is 5.87. The largest absolute Gasteiger partial charge is 0.444 e. The van der Waals surface area contributed by atoms with Crippen LogP contribution in [0.1, 0.15) is 39.7 Å². The van der Waals surface area contributed by atoms with Gasteiger partial charge in [0.2, 0.25) is 5.95 Å². The smallest absolute Gasteiger partial charge is 0.410 e. The molecule has 0 aliphatic carbocycles. The Hall–Kier alpha value is -2.64. The maximum absolute atomic E-state index is 12.4. The molecular weight excluding hydrogens is 344 g/mol. The molecule has 1 aliphatic rings. The molecule has 2 aromatic heterocycles. The van der Waals surface area contributed by atoms with E-state index in [-0.39, 0.29) is 18.1 Å². The Kier molecular flexibility index (Phi) is 5.08. The van der Waals surface area contributed by atoms with Crippen molar-refractivity contribution in [3.8, 4) is 0 Å². The fraction of sp³-hybridized carbons (Fsp3) is 0.579. The van der Waals surface area contributed by atoms with Gasteiger partial charge in [0.15, 0.2) is 5.82 Å². The monoisotopic (exact) mass is 372 g/mol. The van der Waals surface area contributed by atoms with Crippen LogP contribution in [0.2, 0.25) is 0 Å². The Labute approximate surface area is 159 Å². The van der Waals surface area contributed by atoms with Crippen LogP contribution in [0.4, 0.5) is 16.6 Å². The zero-order chi connectivity index (χ0) is 19.8. The first kappa shape index (κ1) is 19.1. The lowest BCUT2D eigenvalue weighted by molar-refractivity contribution is 0.0238. The summed E-state index contributed by atoms with van der Waals surface area (Å²) in [6, 6.07) is 2.05. The normalized spacial score (nSPS) is 17.4. The number of nitrogen functional groups attached to an aromatic ring is 1. The van der Waals surface area contributed by atoms with Crippen LogP contribution in [0.5, 0.6) is 0 Å². The topological polar surface area (TPSA) is 97.5 Å². The van der Waals surface area contributed by atoms with Crippen molar-refractivity contribution in [2.45, 2.75) is 52.2 Å². The lowest BCUT2D eigenvalue weighted by Gasteiger charge is -2.28. The highest BCUT2D eigenvalue weighted by Gasteiger charge is 2.32. The molecule has 0 bridgehead atoms. The number of amides is 1. The van der Waals surface area contributed by atoms with Gasteiger partial charge in [-0.25, -0.2) is 9.78 Å². The first-order chi connectivity index (χ1) is 12.7. The number of hydrogen-bond acceptors (Lipinski definition) is 7. The number of aromatic nitrogens is 3. The summed E-state index contributed by atoms with van der Waals surface area (Å²) < 4.78 is 5.48. The number of carbonyl (C=O) groups excluding carboxylic acids is 1. The summed E-state index contributed by atoms with van der Waals surface area (Å²) in [6.45, 7) is 9.09. The summed E-state index contributed by atoms with van der Waals surface area (Å²) in [6.07, 6.45) is 3.25. The fourth-order valence-electron chi connectivity index (χ4n) is 3.21. The van der Waals surface area contributed by atoms with Crippen LogP contribution in [0.3, 0.4) is 0 Å². The molecular formula is C19H28N6O2. The molecule has 3 rings (SSSR count). The maximum atomic E-state index is 12.4. The number of aryl methyl sites for hydroxylation is 1. The van der Waals surface area contributed by atoms with E-state index in [0.29, 0.717) is 6.54 Å². The minimum absolute atomic E-state index is 0.0426. The minimum atomic E-state index is -0.512. The number of nitrogens with zero attached hydrogens (tertiary/aromatic N) is 5. The molecule has 0 spiro atoms. The summed E-state index contributed by atoms with van der Waals surface area (Å²) in [4.78, 5) is 29.5. The van der Waals surface area contributed by atoms with Gasteiger partial charge in [-0.3, -0.25) is 4.98 Å². The van der Waals surface area contributed by atoms with Gasteiger partial charge in [0.05, 0.1) is 11.6 Å². The van der Waals surface area contributed by atoms with Crippen molar-refractivity contribution in [2.24, 2.45) is 0 Å². The van der Waals surface area contributed by atoms with Gasteiger partial charge < -0.3 is 20.3 Å². The molecule has 0 unspecified atom stereocenters. The second kappa shape index (κ2) is 7.17. The fourth-order valence-corrected chi connectivity index (χ4v) is 3.21. The van der Waals surface area contributed by atoms with E-state index in [1.54, 1.807) is 11.9 Å². The molecule has 1 saturated heterocycles. The standard InChI is InChI=1S/C19H28N6O2/c1-6-12-9-14-15(21-10-12)16(23-17(20)22-14)25-8-7-13(11-25)24(5)18(26)27-19(2,3)4/h9-10,13H,6-8,11H2,1-5H3,(H2,20,22,23)/t13-/m1/s1. The van der Waals surface area contributed by atoms with Gasteiger partial charge in [0.1, 0.15) is 11.1 Å². The van der Waals surface area contributed by atoms with E-state index < -0.39 is 5.60 Å². The first-order valence-corrected chi connectivity index (χ1v) is 9.31. The van der Waals surface area contributed by atoms with E-state index in [9.17, 15) is 4.79 Å². The Morgan fingerprint density at radius 2 is 2.15 bits per heavy atom. The lowest BCUT2D eigenvalue weighted by Crippen LogP contribution is -2.42. The van der Waals surface area contributed by atoms with Gasteiger partial charge in [-0.15, -0.1) is 0 Å². The third kappa shape index (κ3) is 4.20. The second-order valence-corrected chi connectivity index (χ2v) is 7.95. The van der Waals surface area contributed by atoms with Crippen LogP contribution < -0.4 is 10.6 Å². The Bertz CT molecular complexity index is 848. The van der Waals surface area contributed by atoms with Crippen LogP contribution in [0, 0.1) is 0 Å². The van der Waals surface area contributed by atoms with Crippen molar-refractivity contribution in [1.82, 2.24) is 19.9 Å². The quantitative estimate of drug-likeness (QED) is 0.884. The van der Waals surface area contributed by atoms with Crippen molar-refractivity contribution in [3.63, 3.8) is 0 Å². The van der Waals surface area contributed by atoms with E-state index in [2.05, 4.69) is 26.8 Å². The molecule has 0 radical (unpaired) electrons. The molecule has 2 N–H and O–H groups in total. The van der Waals surface area contributed by atoms with Crippen LogP contribution in [-0.2, 0) is 11.2 Å². The number of fused-ring (bicyclic) bond motifs is 1. The Morgan fingerprint density at radius 3 is 2.81 bits per heavy atom. The van der Waals surface area contributed by atoms with Gasteiger partial charge in [-0.2, -0.15) is 4.98 Å². The van der Waals surface area contributed by atoms with E-state index in [4.69, 9.17) is 10.5 Å². The Morgan fingerprint density at radius 1 is 1.41 bits per heavy atom. The SMILES string of the molecule is CCc1cnc2c(N3CC[C@@H](N(C)C(=O)OC(C)(C)C)C3)nc(N)nc2c1. The van der Waals surface area contributed by atoms with Crippen molar-refractivity contribution >= 4 is 28.9 Å². The van der Waals surface area contributed by atoms with E-state index in [1.165, 1.54) is 0 Å². The van der Waals surface area contributed by atoms with Crippen LogP contribution in [-0.4, -0.2) is 57.7 Å². The minimum Gasteiger partial charge on any atom is -0.444 e. The number of anilines is 2. The molecule has 27 heavy (non-hydrogen) atoms. The predicted molar refractivity (Wildman–Crippen MR) is 106 cm³/mol. The second-order valence-electron chi connectivity index (χ2n) is 7.95. The summed E-state index contributed by atoms with van der Waals surface area (Å²) in [5, 5.41) is 0. The molecule has 0 saturated carbocycles. The molecule has 8 heteroatoms. The van der Waals surface area contributed by atoms with Crippen LogP contribution in [0.25, 0.3) is 11.0 Å². The average molecular weight is 372 g/mol. The van der Waals surface area contributed by atoms with Gasteiger partial charge in [-0.1, -0.05) is 6.92 Å². The lowest BCUT2D eigenvalue weighted by atomic mass is 10.2. The highest BCUT2D eigenvalue weighted by Crippen LogP contribution is 2.28. The molecule has 2 aromatic rings. The van der Waals surface area contributed by atoms with Crippen LogP contribution >= 0.6 is 0 Å². The number of rotatable bonds is 3. The molecule has 3 heterocycles. The third-order valence-electron chi connectivity index (χ3n) is 4.69. The number of ether oxygens (including phenoxy) is 1.